The number of nitrogens with zero attached hydrogens (tertiary/aromatic N) is 1. The minimum absolute atomic E-state index is 0.0183. The number of hydrogen-bond donors (Lipinski definition) is 1. The van der Waals surface area contributed by atoms with Crippen LogP contribution >= 0.6 is 11.3 Å². The molecule has 1 aromatic heterocycles. The molecule has 1 aromatic carbocycles. The van der Waals surface area contributed by atoms with Crippen LogP contribution in [0.2, 0.25) is 0 Å². The number of carbonyl (C=O) groups is 1. The van der Waals surface area contributed by atoms with Crippen molar-refractivity contribution in [2.75, 3.05) is 5.32 Å². The Balaban J connectivity index is 1.97. The maximum Gasteiger partial charge on any atom is 0.161 e. The molecule has 0 amide bonds. The van der Waals surface area contributed by atoms with Crippen molar-refractivity contribution in [1.82, 2.24) is 4.98 Å². The maximum absolute atomic E-state index is 13.0. The van der Waals surface area contributed by atoms with Gasteiger partial charge in [-0.2, -0.15) is 0 Å². The van der Waals surface area contributed by atoms with Gasteiger partial charge in [-0.3, -0.25) is 4.79 Å². The second kappa shape index (κ2) is 7.75. The summed E-state index contributed by atoms with van der Waals surface area (Å²) in [7, 11) is 0. The van der Waals surface area contributed by atoms with Crippen molar-refractivity contribution in [1.29, 1.82) is 0 Å². The lowest BCUT2D eigenvalue weighted by Gasteiger charge is -2.33. The van der Waals surface area contributed by atoms with Gasteiger partial charge in [0.05, 0.1) is 5.51 Å². The Morgan fingerprint density at radius 2 is 2.00 bits per heavy atom. The van der Waals surface area contributed by atoms with E-state index in [2.05, 4.69) is 50.1 Å². The monoisotopic (exact) mass is 368 g/mol. The van der Waals surface area contributed by atoms with E-state index in [1.54, 1.807) is 11.3 Å². The summed E-state index contributed by atoms with van der Waals surface area (Å²) in [6.07, 6.45) is 4.29. The molecule has 0 atom stereocenters. The maximum atomic E-state index is 13.0. The van der Waals surface area contributed by atoms with Crippen molar-refractivity contribution < 1.29 is 4.79 Å². The Morgan fingerprint density at radius 1 is 1.23 bits per heavy atom. The third kappa shape index (κ3) is 4.24. The highest BCUT2D eigenvalue weighted by atomic mass is 32.1. The second-order valence-electron chi connectivity index (χ2n) is 8.00. The summed E-state index contributed by atoms with van der Waals surface area (Å²) in [6, 6.07) is 8.33. The summed E-state index contributed by atoms with van der Waals surface area (Å²) in [6.45, 7) is 8.63. The Morgan fingerprint density at radius 3 is 2.73 bits per heavy atom. The fourth-order valence-electron chi connectivity index (χ4n) is 3.60. The van der Waals surface area contributed by atoms with Crippen molar-refractivity contribution in [3.05, 3.63) is 57.1 Å². The van der Waals surface area contributed by atoms with Crippen molar-refractivity contribution in [3.8, 4) is 0 Å². The zero-order valence-corrected chi connectivity index (χ0v) is 17.0. The van der Waals surface area contributed by atoms with Crippen molar-refractivity contribution in [2.24, 2.45) is 5.41 Å². The molecule has 0 spiro atoms. The lowest BCUT2D eigenvalue weighted by molar-refractivity contribution is -0.118. The van der Waals surface area contributed by atoms with Crippen LogP contribution in [0.3, 0.4) is 0 Å². The zero-order valence-electron chi connectivity index (χ0n) is 16.2. The summed E-state index contributed by atoms with van der Waals surface area (Å²) in [5.74, 6) is 1.19. The summed E-state index contributed by atoms with van der Waals surface area (Å²) >= 11 is 1.69. The number of aryl methyl sites for hydroxylation is 2. The number of rotatable bonds is 6. The summed E-state index contributed by atoms with van der Waals surface area (Å²) in [4.78, 5) is 18.8. The Labute approximate surface area is 160 Å². The molecular formula is C22H28N2OS. The van der Waals surface area contributed by atoms with Crippen LogP contribution in [-0.4, -0.2) is 10.8 Å². The molecule has 138 valence electrons. The molecule has 0 bridgehead atoms. The molecule has 0 fully saturated rings. The van der Waals surface area contributed by atoms with E-state index < -0.39 is 0 Å². The van der Waals surface area contributed by atoms with Gasteiger partial charge >= 0.3 is 0 Å². The molecule has 3 nitrogen and oxygen atoms in total. The van der Waals surface area contributed by atoms with Crippen LogP contribution < -0.4 is 5.32 Å². The van der Waals surface area contributed by atoms with E-state index >= 15 is 0 Å². The minimum atomic E-state index is -0.0183. The quantitative estimate of drug-likeness (QED) is 0.711. The smallest absolute Gasteiger partial charge is 0.161 e. The first-order valence-electron chi connectivity index (χ1n) is 9.39. The van der Waals surface area contributed by atoms with Gasteiger partial charge in [0, 0.05) is 29.0 Å². The highest BCUT2D eigenvalue weighted by Gasteiger charge is 2.33. The van der Waals surface area contributed by atoms with Crippen LogP contribution in [0.15, 0.2) is 41.0 Å². The van der Waals surface area contributed by atoms with Gasteiger partial charge in [0.25, 0.3) is 0 Å². The van der Waals surface area contributed by atoms with Crippen LogP contribution in [0.5, 0.6) is 0 Å². The van der Waals surface area contributed by atoms with E-state index in [1.165, 1.54) is 16.0 Å². The van der Waals surface area contributed by atoms with Gasteiger partial charge in [0.2, 0.25) is 0 Å². The molecule has 1 heterocycles. The third-order valence-corrected chi connectivity index (χ3v) is 5.90. The molecular weight excluding hydrogens is 340 g/mol. The van der Waals surface area contributed by atoms with E-state index in [0.717, 1.165) is 36.4 Å². The number of ketones is 1. The van der Waals surface area contributed by atoms with Crippen molar-refractivity contribution >= 4 is 22.9 Å². The average Bonchev–Trinajstić information content (AvgIpc) is 2.99. The number of Topliss-reactive ketones (excluding diaryl/α,β-unsaturated/α-hetero) is 1. The van der Waals surface area contributed by atoms with E-state index in [1.807, 2.05) is 17.6 Å². The standard InChI is InChI=1S/C22H28N2OS/c1-5-8-20-21(23-14-26-20)24-18-12-22(3,4)13-19(25)17(18)11-16-10-7-6-9-15(16)2/h6-7,9-10,14,24H,5,8,11-13H2,1-4H3. The van der Waals surface area contributed by atoms with Crippen LogP contribution in [0, 0.1) is 12.3 Å². The van der Waals surface area contributed by atoms with Gasteiger partial charge in [-0.05, 0) is 36.3 Å². The van der Waals surface area contributed by atoms with Crippen molar-refractivity contribution in [3.63, 3.8) is 0 Å². The number of allylic oxidation sites excluding steroid dienone is 2. The Hall–Kier alpha value is -1.94. The van der Waals surface area contributed by atoms with E-state index in [9.17, 15) is 4.79 Å². The van der Waals surface area contributed by atoms with Crippen LogP contribution in [0.1, 0.15) is 56.0 Å². The molecule has 0 saturated heterocycles. The van der Waals surface area contributed by atoms with Crippen LogP contribution in [0.4, 0.5) is 5.82 Å². The van der Waals surface area contributed by atoms with Gasteiger partial charge in [-0.1, -0.05) is 51.5 Å². The third-order valence-electron chi connectivity index (χ3n) is 5.01. The van der Waals surface area contributed by atoms with Gasteiger partial charge in [0.15, 0.2) is 5.78 Å². The highest BCUT2D eigenvalue weighted by Crippen LogP contribution is 2.39. The number of thiazole rings is 1. The topological polar surface area (TPSA) is 42.0 Å². The van der Waals surface area contributed by atoms with E-state index in [-0.39, 0.29) is 11.2 Å². The lowest BCUT2D eigenvalue weighted by Crippen LogP contribution is -2.29. The van der Waals surface area contributed by atoms with E-state index in [0.29, 0.717) is 12.8 Å². The normalized spacial score (nSPS) is 16.8. The molecule has 4 heteroatoms. The molecule has 0 radical (unpaired) electrons. The summed E-state index contributed by atoms with van der Waals surface area (Å²) < 4.78 is 0. The zero-order chi connectivity index (χ0) is 18.7. The molecule has 2 aromatic rings. The largest absolute Gasteiger partial charge is 0.342 e. The predicted octanol–water partition coefficient (Wildman–Crippen LogP) is 5.70. The summed E-state index contributed by atoms with van der Waals surface area (Å²) in [5, 5.41) is 3.55. The molecule has 0 aliphatic heterocycles. The second-order valence-corrected chi connectivity index (χ2v) is 8.94. The number of anilines is 1. The number of aromatic nitrogens is 1. The first-order valence-corrected chi connectivity index (χ1v) is 10.3. The first kappa shape index (κ1) is 18.8. The SMILES string of the molecule is CCCc1scnc1NC1=C(Cc2ccccc2C)C(=O)CC(C)(C)C1. The van der Waals surface area contributed by atoms with Crippen molar-refractivity contribution in [2.45, 2.75) is 59.8 Å². The number of benzene rings is 1. The average molecular weight is 369 g/mol. The molecule has 1 aliphatic rings. The molecule has 26 heavy (non-hydrogen) atoms. The number of hydrogen-bond acceptors (Lipinski definition) is 4. The molecule has 1 aliphatic carbocycles. The molecule has 3 rings (SSSR count). The van der Waals surface area contributed by atoms with Gasteiger partial charge in [-0.15, -0.1) is 11.3 Å². The van der Waals surface area contributed by atoms with Gasteiger partial charge < -0.3 is 5.32 Å². The van der Waals surface area contributed by atoms with Crippen LogP contribution in [0.25, 0.3) is 0 Å². The molecule has 0 unspecified atom stereocenters. The minimum Gasteiger partial charge on any atom is -0.342 e. The summed E-state index contributed by atoms with van der Waals surface area (Å²) in [5.41, 5.74) is 6.31. The number of nitrogens with one attached hydrogen (secondary N) is 1. The van der Waals surface area contributed by atoms with E-state index in [4.69, 9.17) is 0 Å². The highest BCUT2D eigenvalue weighted by molar-refractivity contribution is 7.10. The Kier molecular flexibility index (Phi) is 5.61. The Bertz CT molecular complexity index is 832. The molecule has 0 saturated carbocycles. The first-order chi connectivity index (χ1) is 12.4. The lowest BCUT2D eigenvalue weighted by atomic mass is 9.74. The predicted molar refractivity (Wildman–Crippen MR) is 110 cm³/mol. The van der Waals surface area contributed by atoms with Gasteiger partial charge in [-0.25, -0.2) is 4.98 Å². The number of carbonyl (C=O) groups excluding carboxylic acids is 1. The fourth-order valence-corrected chi connectivity index (χ4v) is 4.42. The fraction of sp³-hybridized carbons (Fsp3) is 0.455. The van der Waals surface area contributed by atoms with Gasteiger partial charge in [0.1, 0.15) is 5.82 Å². The molecule has 1 N–H and O–H groups in total. The van der Waals surface area contributed by atoms with Crippen LogP contribution in [-0.2, 0) is 17.6 Å².